The van der Waals surface area contributed by atoms with Gasteiger partial charge in [-0.1, -0.05) is 32.0 Å². The molecule has 3 aromatic rings. The molecule has 0 aliphatic carbocycles. The number of hydrogen-bond donors (Lipinski definition) is 1. The van der Waals surface area contributed by atoms with Gasteiger partial charge in [-0.05, 0) is 61.2 Å². The molecule has 0 aliphatic rings. The monoisotopic (exact) mass is 398 g/mol. The zero-order chi connectivity index (χ0) is 21.2. The molecular formula is C24H30O5. The van der Waals surface area contributed by atoms with E-state index in [1.165, 1.54) is 0 Å². The summed E-state index contributed by atoms with van der Waals surface area (Å²) in [6.45, 7) is 8.46. The predicted octanol–water partition coefficient (Wildman–Crippen LogP) is 5.33. The summed E-state index contributed by atoms with van der Waals surface area (Å²) >= 11 is 0. The maximum absolute atomic E-state index is 11.6. The second kappa shape index (κ2) is 11.3. The minimum Gasteiger partial charge on any atom is -0.489 e. The minimum atomic E-state index is -0.201. The maximum atomic E-state index is 11.6. The summed E-state index contributed by atoms with van der Waals surface area (Å²) in [4.78, 5) is 11.6. The topological polar surface area (TPSA) is 68.9 Å². The van der Waals surface area contributed by atoms with Gasteiger partial charge in [0.05, 0.1) is 6.61 Å². The number of benzene rings is 2. The Morgan fingerprint density at radius 3 is 2.62 bits per heavy atom. The van der Waals surface area contributed by atoms with E-state index in [1.807, 2.05) is 63.2 Å². The van der Waals surface area contributed by atoms with Gasteiger partial charge in [-0.25, -0.2) is 0 Å². The van der Waals surface area contributed by atoms with E-state index in [0.717, 1.165) is 33.4 Å². The number of aryl methyl sites for hydroxylation is 2. The van der Waals surface area contributed by atoms with Crippen molar-refractivity contribution in [3.05, 3.63) is 64.9 Å². The van der Waals surface area contributed by atoms with E-state index in [-0.39, 0.29) is 12.6 Å². The third-order valence-corrected chi connectivity index (χ3v) is 4.34. The summed E-state index contributed by atoms with van der Waals surface area (Å²) in [5.41, 5.74) is 3.79. The van der Waals surface area contributed by atoms with Crippen LogP contribution in [0.25, 0.3) is 11.0 Å². The van der Waals surface area contributed by atoms with Crippen LogP contribution < -0.4 is 4.74 Å². The summed E-state index contributed by atoms with van der Waals surface area (Å²) in [5.74, 6) is 1.12. The second-order valence-electron chi connectivity index (χ2n) is 6.40. The highest BCUT2D eigenvalue weighted by atomic mass is 16.5. The molecular weight excluding hydrogens is 368 g/mol. The van der Waals surface area contributed by atoms with Crippen molar-refractivity contribution in [3.63, 3.8) is 0 Å². The number of para-hydroxylation sites is 1. The molecule has 5 nitrogen and oxygen atoms in total. The van der Waals surface area contributed by atoms with Crippen LogP contribution in [0.15, 0.2) is 46.9 Å². The molecule has 0 saturated carbocycles. The first-order valence-electron chi connectivity index (χ1n) is 10.1. The average molecular weight is 398 g/mol. The molecule has 0 bridgehead atoms. The Kier molecular flexibility index (Phi) is 8.74. The van der Waals surface area contributed by atoms with Crippen LogP contribution in [0, 0.1) is 6.92 Å². The Hall–Kier alpha value is -2.79. The summed E-state index contributed by atoms with van der Waals surface area (Å²) in [7, 11) is 0. The number of hydrogen-bond acceptors (Lipinski definition) is 5. The summed E-state index contributed by atoms with van der Waals surface area (Å²) in [5, 5.41) is 10.2. The van der Waals surface area contributed by atoms with Crippen LogP contribution in [0.5, 0.6) is 5.75 Å². The third-order valence-electron chi connectivity index (χ3n) is 4.34. The molecule has 0 spiro atoms. The van der Waals surface area contributed by atoms with Gasteiger partial charge in [-0.2, -0.15) is 0 Å². The lowest BCUT2D eigenvalue weighted by atomic mass is 10.1. The first kappa shape index (κ1) is 22.5. The van der Waals surface area contributed by atoms with E-state index in [1.54, 1.807) is 6.92 Å². The molecule has 1 aromatic heterocycles. The van der Waals surface area contributed by atoms with E-state index in [2.05, 4.69) is 0 Å². The van der Waals surface area contributed by atoms with Gasteiger partial charge in [-0.15, -0.1) is 0 Å². The van der Waals surface area contributed by atoms with Crippen molar-refractivity contribution in [1.29, 1.82) is 0 Å². The van der Waals surface area contributed by atoms with Crippen LogP contribution in [0.4, 0.5) is 0 Å². The van der Waals surface area contributed by atoms with Gasteiger partial charge in [0.15, 0.2) is 0 Å². The predicted molar refractivity (Wildman–Crippen MR) is 114 cm³/mol. The number of aliphatic hydroxyl groups is 1. The molecule has 2 aromatic carbocycles. The normalized spacial score (nSPS) is 10.4. The van der Waals surface area contributed by atoms with Crippen molar-refractivity contribution in [1.82, 2.24) is 0 Å². The molecule has 0 atom stereocenters. The molecule has 29 heavy (non-hydrogen) atoms. The molecule has 0 unspecified atom stereocenters. The van der Waals surface area contributed by atoms with Gasteiger partial charge < -0.3 is 19.0 Å². The quantitative estimate of drug-likeness (QED) is 0.519. The van der Waals surface area contributed by atoms with Crippen molar-refractivity contribution in [3.8, 4) is 5.75 Å². The Labute approximate surface area is 172 Å². The van der Waals surface area contributed by atoms with E-state index >= 15 is 0 Å². The van der Waals surface area contributed by atoms with Crippen molar-refractivity contribution in [2.24, 2.45) is 0 Å². The lowest BCUT2D eigenvalue weighted by Crippen LogP contribution is -2.06. The molecule has 0 amide bonds. The molecule has 1 heterocycles. The van der Waals surface area contributed by atoms with Gasteiger partial charge >= 0.3 is 5.97 Å². The number of esters is 1. The fourth-order valence-corrected chi connectivity index (χ4v) is 3.10. The average Bonchev–Trinajstić information content (AvgIpc) is 3.17. The van der Waals surface area contributed by atoms with Gasteiger partial charge in [0.2, 0.25) is 0 Å². The second-order valence-corrected chi connectivity index (χ2v) is 6.40. The Morgan fingerprint density at radius 1 is 1.14 bits per heavy atom. The number of carbonyl (C=O) groups is 1. The van der Waals surface area contributed by atoms with Gasteiger partial charge in [-0.3, -0.25) is 4.79 Å². The number of ether oxygens (including phenoxy) is 2. The molecule has 5 heteroatoms. The Balaban J connectivity index is 0.00000145. The summed E-state index contributed by atoms with van der Waals surface area (Å²) in [6, 6.07) is 13.6. The van der Waals surface area contributed by atoms with Gasteiger partial charge in [0.1, 0.15) is 30.3 Å². The molecule has 3 rings (SSSR count). The molecule has 0 fully saturated rings. The van der Waals surface area contributed by atoms with Gasteiger partial charge in [0.25, 0.3) is 0 Å². The molecule has 0 saturated heterocycles. The zero-order valence-corrected chi connectivity index (χ0v) is 17.7. The van der Waals surface area contributed by atoms with E-state index in [9.17, 15) is 9.90 Å². The number of rotatable bonds is 8. The van der Waals surface area contributed by atoms with Crippen molar-refractivity contribution >= 4 is 16.9 Å². The summed E-state index contributed by atoms with van der Waals surface area (Å²) in [6.07, 6.45) is 0.910. The Bertz CT molecular complexity index is 926. The number of furan rings is 1. The lowest BCUT2D eigenvalue weighted by Gasteiger charge is -2.12. The van der Waals surface area contributed by atoms with E-state index in [0.29, 0.717) is 31.8 Å². The first-order chi connectivity index (χ1) is 14.1. The Morgan fingerprint density at radius 2 is 1.90 bits per heavy atom. The fraction of sp³-hybridized carbons (Fsp3) is 0.375. The molecule has 0 aliphatic heterocycles. The highest BCUT2D eigenvalue weighted by Gasteiger charge is 2.10. The van der Waals surface area contributed by atoms with Crippen LogP contribution in [-0.2, 0) is 29.2 Å². The van der Waals surface area contributed by atoms with E-state index in [4.69, 9.17) is 13.9 Å². The van der Waals surface area contributed by atoms with Crippen LogP contribution >= 0.6 is 0 Å². The third kappa shape index (κ3) is 6.09. The molecule has 156 valence electrons. The standard InChI is InChI=1S/C22H24O5.C2H6/c1-3-25-21(24)9-8-17-6-4-5-7-20(17)26-14-16-10-15(2)22-18(11-16)12-19(13-23)27-22;1-2/h4-7,10-12,23H,3,8-9,13-14H2,1-2H3;1-2H3. The zero-order valence-electron chi connectivity index (χ0n) is 17.7. The molecule has 0 radical (unpaired) electrons. The minimum absolute atomic E-state index is 0.117. The van der Waals surface area contributed by atoms with Crippen molar-refractivity contribution in [2.75, 3.05) is 6.61 Å². The van der Waals surface area contributed by atoms with Crippen LogP contribution in [0.3, 0.4) is 0 Å². The molecule has 1 N–H and O–H groups in total. The fourth-order valence-electron chi connectivity index (χ4n) is 3.10. The number of carbonyl (C=O) groups excluding carboxylic acids is 1. The largest absolute Gasteiger partial charge is 0.489 e. The van der Waals surface area contributed by atoms with E-state index < -0.39 is 0 Å². The SMILES string of the molecule is CC.CCOC(=O)CCc1ccccc1OCc1cc(C)c2oc(CO)cc2c1. The highest BCUT2D eigenvalue weighted by Crippen LogP contribution is 2.26. The summed E-state index contributed by atoms with van der Waals surface area (Å²) < 4.78 is 16.6. The van der Waals surface area contributed by atoms with Crippen LogP contribution in [0.2, 0.25) is 0 Å². The highest BCUT2D eigenvalue weighted by molar-refractivity contribution is 5.81. The maximum Gasteiger partial charge on any atom is 0.306 e. The van der Waals surface area contributed by atoms with Crippen molar-refractivity contribution in [2.45, 2.75) is 53.8 Å². The first-order valence-corrected chi connectivity index (χ1v) is 10.1. The van der Waals surface area contributed by atoms with Crippen LogP contribution in [-0.4, -0.2) is 17.7 Å². The van der Waals surface area contributed by atoms with Crippen LogP contribution in [0.1, 0.15) is 49.6 Å². The number of fused-ring (bicyclic) bond motifs is 1. The lowest BCUT2D eigenvalue weighted by molar-refractivity contribution is -0.143. The number of aliphatic hydroxyl groups excluding tert-OH is 1. The van der Waals surface area contributed by atoms with Gasteiger partial charge in [0, 0.05) is 11.8 Å². The van der Waals surface area contributed by atoms with Crippen molar-refractivity contribution < 1.29 is 23.8 Å². The smallest absolute Gasteiger partial charge is 0.306 e.